The van der Waals surface area contributed by atoms with Gasteiger partial charge in [0.15, 0.2) is 6.10 Å². The molecule has 0 spiro atoms. The summed E-state index contributed by atoms with van der Waals surface area (Å²) < 4.78 is 10.6. The fourth-order valence-corrected chi connectivity index (χ4v) is 1.51. The van der Waals surface area contributed by atoms with E-state index in [1.807, 2.05) is 24.3 Å². The van der Waals surface area contributed by atoms with Crippen molar-refractivity contribution in [1.29, 1.82) is 0 Å². The van der Waals surface area contributed by atoms with Crippen LogP contribution in [0, 0.1) is 0 Å². The van der Waals surface area contributed by atoms with Crippen LogP contribution in [-0.2, 0) is 14.9 Å². The molecular weight excluding hydrogens is 244 g/mol. The summed E-state index contributed by atoms with van der Waals surface area (Å²) in [4.78, 5) is 10.5. The summed E-state index contributed by atoms with van der Waals surface area (Å²) in [6.07, 6.45) is -0.799. The van der Waals surface area contributed by atoms with Crippen LogP contribution in [0.3, 0.4) is 0 Å². The maximum Gasteiger partial charge on any atom is 0.332 e. The summed E-state index contributed by atoms with van der Waals surface area (Å²) >= 11 is 0. The number of hydrogen-bond donors (Lipinski definition) is 1. The number of carboxylic acid groups (broad SMARTS) is 1. The smallest absolute Gasteiger partial charge is 0.332 e. The molecule has 19 heavy (non-hydrogen) atoms. The highest BCUT2D eigenvalue weighted by Gasteiger charge is 2.13. The van der Waals surface area contributed by atoms with Gasteiger partial charge in [-0.15, -0.1) is 0 Å². The summed E-state index contributed by atoms with van der Waals surface area (Å²) in [5, 5.41) is 8.64. The average Bonchev–Trinajstić information content (AvgIpc) is 2.33. The van der Waals surface area contributed by atoms with Gasteiger partial charge in [0.2, 0.25) is 0 Å². The van der Waals surface area contributed by atoms with Gasteiger partial charge in [-0.05, 0) is 30.0 Å². The van der Waals surface area contributed by atoms with Crippen molar-refractivity contribution in [3.8, 4) is 5.75 Å². The Bertz CT molecular complexity index is 403. The maximum absolute atomic E-state index is 10.5. The second-order valence-electron chi connectivity index (χ2n) is 5.47. The Kier molecular flexibility index (Phi) is 5.36. The van der Waals surface area contributed by atoms with Crippen molar-refractivity contribution in [3.63, 3.8) is 0 Å². The fourth-order valence-electron chi connectivity index (χ4n) is 1.51. The molecule has 0 aromatic heterocycles. The number of hydrogen-bond acceptors (Lipinski definition) is 3. The summed E-state index contributed by atoms with van der Waals surface area (Å²) in [7, 11) is 0. The van der Waals surface area contributed by atoms with Crippen molar-refractivity contribution < 1.29 is 19.4 Å². The van der Waals surface area contributed by atoms with Gasteiger partial charge in [0, 0.05) is 0 Å². The van der Waals surface area contributed by atoms with Gasteiger partial charge in [0.25, 0.3) is 0 Å². The molecule has 1 aromatic carbocycles. The molecule has 0 saturated carbocycles. The van der Waals surface area contributed by atoms with Crippen LogP contribution in [0.25, 0.3) is 0 Å². The predicted octanol–water partition coefficient (Wildman–Crippen LogP) is 2.85. The molecule has 0 unspecified atom stereocenters. The molecule has 4 heteroatoms. The van der Waals surface area contributed by atoms with Gasteiger partial charge in [0.05, 0.1) is 6.61 Å². The van der Waals surface area contributed by atoms with E-state index in [1.165, 1.54) is 12.5 Å². The minimum absolute atomic E-state index is 0.124. The molecule has 0 radical (unpaired) electrons. The van der Waals surface area contributed by atoms with Crippen LogP contribution in [0.5, 0.6) is 5.75 Å². The minimum Gasteiger partial charge on any atom is -0.491 e. The molecular formula is C15H22O4. The molecule has 0 bridgehead atoms. The van der Waals surface area contributed by atoms with Gasteiger partial charge in [-0.3, -0.25) is 0 Å². The number of rotatable bonds is 6. The van der Waals surface area contributed by atoms with Crippen LogP contribution >= 0.6 is 0 Å². The molecule has 1 aromatic rings. The largest absolute Gasteiger partial charge is 0.491 e. The first-order valence-corrected chi connectivity index (χ1v) is 6.38. The van der Waals surface area contributed by atoms with Crippen LogP contribution in [-0.4, -0.2) is 30.4 Å². The number of carboxylic acids is 1. The predicted molar refractivity (Wildman–Crippen MR) is 73.7 cm³/mol. The zero-order chi connectivity index (χ0) is 14.5. The SMILES string of the molecule is C[C@@H](OCCOc1ccc(C(C)(C)C)cc1)C(=O)O. The molecule has 1 N–H and O–H groups in total. The first kappa shape index (κ1) is 15.5. The second kappa shape index (κ2) is 6.57. The quantitative estimate of drug-likeness (QED) is 0.804. The third kappa shape index (κ3) is 5.30. The van der Waals surface area contributed by atoms with E-state index in [0.29, 0.717) is 6.61 Å². The van der Waals surface area contributed by atoms with E-state index in [0.717, 1.165) is 5.75 Å². The lowest BCUT2D eigenvalue weighted by Crippen LogP contribution is -2.22. The van der Waals surface area contributed by atoms with Crippen molar-refractivity contribution >= 4 is 5.97 Å². The maximum atomic E-state index is 10.5. The Hall–Kier alpha value is -1.55. The van der Waals surface area contributed by atoms with Gasteiger partial charge in [-0.2, -0.15) is 0 Å². The van der Waals surface area contributed by atoms with E-state index in [2.05, 4.69) is 20.8 Å². The minimum atomic E-state index is -0.963. The van der Waals surface area contributed by atoms with Crippen molar-refractivity contribution in [2.75, 3.05) is 13.2 Å². The Morgan fingerprint density at radius 1 is 1.21 bits per heavy atom. The van der Waals surface area contributed by atoms with Gasteiger partial charge in [0.1, 0.15) is 12.4 Å². The Labute approximate surface area is 114 Å². The first-order valence-electron chi connectivity index (χ1n) is 6.38. The average molecular weight is 266 g/mol. The molecule has 1 atom stereocenters. The van der Waals surface area contributed by atoms with E-state index in [9.17, 15) is 4.79 Å². The van der Waals surface area contributed by atoms with Gasteiger partial charge < -0.3 is 14.6 Å². The number of benzene rings is 1. The second-order valence-corrected chi connectivity index (χ2v) is 5.47. The highest BCUT2D eigenvalue weighted by atomic mass is 16.5. The molecule has 0 amide bonds. The van der Waals surface area contributed by atoms with Crippen LogP contribution in [0.1, 0.15) is 33.3 Å². The Morgan fingerprint density at radius 3 is 2.26 bits per heavy atom. The lowest BCUT2D eigenvalue weighted by Gasteiger charge is -2.19. The molecule has 0 aliphatic carbocycles. The number of ether oxygens (including phenoxy) is 2. The summed E-state index contributed by atoms with van der Waals surface area (Å²) in [5.41, 5.74) is 1.37. The van der Waals surface area contributed by atoms with Crippen LogP contribution in [0.2, 0.25) is 0 Å². The fraction of sp³-hybridized carbons (Fsp3) is 0.533. The lowest BCUT2D eigenvalue weighted by molar-refractivity contribution is -0.149. The number of aliphatic carboxylic acids is 1. The zero-order valence-corrected chi connectivity index (χ0v) is 12.0. The van der Waals surface area contributed by atoms with Crippen molar-refractivity contribution in [1.82, 2.24) is 0 Å². The van der Waals surface area contributed by atoms with Crippen molar-refractivity contribution in [2.45, 2.75) is 39.2 Å². The van der Waals surface area contributed by atoms with E-state index in [4.69, 9.17) is 14.6 Å². The van der Waals surface area contributed by atoms with Gasteiger partial charge >= 0.3 is 5.97 Å². The molecule has 106 valence electrons. The molecule has 0 heterocycles. The van der Waals surface area contributed by atoms with Gasteiger partial charge in [-0.1, -0.05) is 32.9 Å². The van der Waals surface area contributed by atoms with Crippen molar-refractivity contribution in [3.05, 3.63) is 29.8 Å². The van der Waals surface area contributed by atoms with Crippen molar-refractivity contribution in [2.24, 2.45) is 0 Å². The monoisotopic (exact) mass is 266 g/mol. The van der Waals surface area contributed by atoms with E-state index in [1.54, 1.807) is 0 Å². The summed E-state index contributed by atoms with van der Waals surface area (Å²) in [5.74, 6) is -0.200. The lowest BCUT2D eigenvalue weighted by atomic mass is 9.87. The first-order chi connectivity index (χ1) is 8.80. The standard InChI is InChI=1S/C15H22O4/c1-11(14(16)17)18-9-10-19-13-7-5-12(6-8-13)15(2,3)4/h5-8,11H,9-10H2,1-4H3,(H,16,17)/t11-/m1/s1. The molecule has 4 nitrogen and oxygen atoms in total. The third-order valence-electron chi connectivity index (χ3n) is 2.79. The highest BCUT2D eigenvalue weighted by Crippen LogP contribution is 2.24. The third-order valence-corrected chi connectivity index (χ3v) is 2.79. The summed E-state index contributed by atoms with van der Waals surface area (Å²) in [6.45, 7) is 8.57. The Balaban J connectivity index is 2.37. The van der Waals surface area contributed by atoms with Gasteiger partial charge in [-0.25, -0.2) is 4.79 Å². The molecule has 0 fully saturated rings. The van der Waals surface area contributed by atoms with E-state index < -0.39 is 12.1 Å². The van der Waals surface area contributed by atoms with Crippen LogP contribution < -0.4 is 4.74 Å². The zero-order valence-electron chi connectivity index (χ0n) is 12.0. The van der Waals surface area contributed by atoms with Crippen LogP contribution in [0.15, 0.2) is 24.3 Å². The molecule has 1 rings (SSSR count). The highest BCUT2D eigenvalue weighted by molar-refractivity contribution is 5.71. The van der Waals surface area contributed by atoms with Crippen LogP contribution in [0.4, 0.5) is 0 Å². The van der Waals surface area contributed by atoms with E-state index >= 15 is 0 Å². The molecule has 0 aliphatic rings. The normalized spacial score (nSPS) is 13.1. The molecule has 0 saturated heterocycles. The topological polar surface area (TPSA) is 55.8 Å². The Morgan fingerprint density at radius 2 is 1.79 bits per heavy atom. The number of carbonyl (C=O) groups is 1. The van der Waals surface area contributed by atoms with E-state index in [-0.39, 0.29) is 12.0 Å². The molecule has 0 aliphatic heterocycles. The summed E-state index contributed by atoms with van der Waals surface area (Å²) in [6, 6.07) is 7.91.